The van der Waals surface area contributed by atoms with E-state index in [0.29, 0.717) is 31.7 Å². The first-order chi connectivity index (χ1) is 20.3. The molecular formula is C34H37N3O5. The van der Waals surface area contributed by atoms with E-state index in [4.69, 9.17) is 4.74 Å². The Labute approximate surface area is 244 Å². The Bertz CT molecular complexity index is 1620. The fraction of sp³-hybridized carbons (Fsp3) is 0.471. The number of amides is 2. The number of rotatable bonds is 4. The van der Waals surface area contributed by atoms with Crippen molar-refractivity contribution in [1.82, 2.24) is 15.2 Å². The van der Waals surface area contributed by atoms with Crippen molar-refractivity contribution in [2.24, 2.45) is 23.7 Å². The third-order valence-electron chi connectivity index (χ3n) is 10.7. The fourth-order valence-corrected chi connectivity index (χ4v) is 8.81. The first-order valence-corrected chi connectivity index (χ1v) is 15.3. The second-order valence-corrected chi connectivity index (χ2v) is 13.2. The Kier molecular flexibility index (Phi) is 5.78. The van der Waals surface area contributed by atoms with Gasteiger partial charge in [0.25, 0.3) is 0 Å². The number of nitrogens with zero attached hydrogens (tertiary/aromatic N) is 1. The van der Waals surface area contributed by atoms with Crippen molar-refractivity contribution in [2.45, 2.75) is 69.1 Å². The number of fused-ring (bicyclic) bond motifs is 5. The average molecular weight is 568 g/mol. The quantitative estimate of drug-likeness (QED) is 0.385. The summed E-state index contributed by atoms with van der Waals surface area (Å²) in [7, 11) is 0. The maximum atomic E-state index is 13.9. The molecule has 0 bridgehead atoms. The summed E-state index contributed by atoms with van der Waals surface area (Å²) >= 11 is 0. The molecule has 3 saturated heterocycles. The van der Waals surface area contributed by atoms with E-state index < -0.39 is 35.5 Å². The topological polar surface area (TPSA) is 115 Å². The molecule has 42 heavy (non-hydrogen) atoms. The number of carbonyl (C=O) groups is 2. The molecule has 5 aliphatic rings. The van der Waals surface area contributed by atoms with Gasteiger partial charge in [-0.25, -0.2) is 0 Å². The summed E-state index contributed by atoms with van der Waals surface area (Å²) in [6, 6.07) is 15.4. The van der Waals surface area contributed by atoms with E-state index in [0.717, 1.165) is 30.3 Å². The largest absolute Gasteiger partial charge is 0.388 e. The first kappa shape index (κ1) is 26.2. The minimum Gasteiger partial charge on any atom is -0.388 e. The molecule has 0 radical (unpaired) electrons. The van der Waals surface area contributed by atoms with E-state index in [2.05, 4.69) is 40.8 Å². The van der Waals surface area contributed by atoms with Crippen LogP contribution in [0.4, 0.5) is 0 Å². The van der Waals surface area contributed by atoms with Crippen LogP contribution in [-0.2, 0) is 27.2 Å². The van der Waals surface area contributed by atoms with Gasteiger partial charge in [0.15, 0.2) is 11.5 Å². The molecule has 3 aliphatic heterocycles. The number of nitrogens with one attached hydrogen (secondary N) is 2. The Morgan fingerprint density at radius 3 is 2.81 bits per heavy atom. The smallest absolute Gasteiger partial charge is 0.229 e. The molecule has 8 rings (SSSR count). The summed E-state index contributed by atoms with van der Waals surface area (Å²) in [5.41, 5.74) is 4.25. The predicted molar refractivity (Wildman–Crippen MR) is 157 cm³/mol. The third-order valence-corrected chi connectivity index (χ3v) is 10.7. The van der Waals surface area contributed by atoms with Gasteiger partial charge in [-0.15, -0.1) is 0 Å². The lowest BCUT2D eigenvalue weighted by molar-refractivity contribution is -0.281. The highest BCUT2D eigenvalue weighted by Gasteiger charge is 2.71. The number of ether oxygens (including phenoxy) is 1. The second kappa shape index (κ2) is 9.27. The van der Waals surface area contributed by atoms with E-state index in [1.807, 2.05) is 30.3 Å². The monoisotopic (exact) mass is 567 g/mol. The average Bonchev–Trinajstić information content (AvgIpc) is 3.69. The van der Waals surface area contributed by atoms with E-state index in [9.17, 15) is 19.8 Å². The van der Waals surface area contributed by atoms with Gasteiger partial charge >= 0.3 is 0 Å². The molecule has 2 aromatic carbocycles. The molecule has 4 heterocycles. The molecule has 4 N–H and O–H groups in total. The summed E-state index contributed by atoms with van der Waals surface area (Å²) in [6.07, 6.45) is 7.22. The summed E-state index contributed by atoms with van der Waals surface area (Å²) in [5.74, 6) is -3.61. The van der Waals surface area contributed by atoms with E-state index in [1.165, 1.54) is 22.1 Å². The van der Waals surface area contributed by atoms with Crippen LogP contribution in [0.5, 0.6) is 0 Å². The SMILES string of the molecule is C[C@@]1(NC(=O)[C@@H]2C=C3c4cccc5[nH]cc(c45)C[C@H]3CC2)O[C@]2(O)C(C1O)[C@@H](Cc1ccccc1)C(=O)N1CCCC12. The van der Waals surface area contributed by atoms with Crippen molar-refractivity contribution in [1.29, 1.82) is 0 Å². The summed E-state index contributed by atoms with van der Waals surface area (Å²) in [5, 5.41) is 28.2. The summed E-state index contributed by atoms with van der Waals surface area (Å²) in [4.78, 5) is 32.7. The number of aliphatic hydroxyl groups is 2. The second-order valence-electron chi connectivity index (χ2n) is 13.2. The lowest BCUT2D eigenvalue weighted by Crippen LogP contribution is -2.65. The van der Waals surface area contributed by atoms with Gasteiger partial charge in [-0.2, -0.15) is 0 Å². The number of H-pyrrole nitrogens is 1. The minimum absolute atomic E-state index is 0.0621. The van der Waals surface area contributed by atoms with Gasteiger partial charge in [-0.1, -0.05) is 48.5 Å². The van der Waals surface area contributed by atoms with Crippen LogP contribution in [0.15, 0.2) is 60.8 Å². The number of allylic oxidation sites excluding steroid dienone is 1. The van der Waals surface area contributed by atoms with Crippen LogP contribution in [0.1, 0.15) is 49.3 Å². The molecule has 8 heteroatoms. The van der Waals surface area contributed by atoms with Gasteiger partial charge in [0.1, 0.15) is 6.10 Å². The molecular weight excluding hydrogens is 530 g/mol. The normalized spacial score (nSPS) is 36.8. The molecule has 2 aliphatic carbocycles. The van der Waals surface area contributed by atoms with Crippen molar-refractivity contribution < 1.29 is 24.5 Å². The lowest BCUT2D eigenvalue weighted by Gasteiger charge is -2.47. The van der Waals surface area contributed by atoms with Crippen LogP contribution in [0.2, 0.25) is 0 Å². The fourth-order valence-electron chi connectivity index (χ4n) is 8.81. The van der Waals surface area contributed by atoms with E-state index in [1.54, 1.807) is 11.8 Å². The van der Waals surface area contributed by atoms with Gasteiger partial charge in [-0.05, 0) is 79.7 Å². The maximum absolute atomic E-state index is 13.9. The van der Waals surface area contributed by atoms with Crippen LogP contribution in [0.25, 0.3) is 16.5 Å². The maximum Gasteiger partial charge on any atom is 0.229 e. The van der Waals surface area contributed by atoms with Crippen molar-refractivity contribution in [3.8, 4) is 0 Å². The minimum atomic E-state index is -1.76. The molecule has 1 aromatic heterocycles. The standard InChI is InChI=1S/C34H37N3O5/c1-33(36-31(39)21-13-12-20-16-22-18-35-26-10-5-9-23(28(22)26)24(20)17-21)30(38)29-25(15-19-7-3-2-4-8-19)32(40)37-14-6-11-27(37)34(29,41)42-33/h2-5,7-10,17-18,20-21,25,27,29-30,35,38,41H,6,11-16H2,1H3,(H,36,39)/t20-,21+,25-,27?,29?,30?,33-,34+/m1/s1. The number of hydrogen-bond donors (Lipinski definition) is 4. The van der Waals surface area contributed by atoms with Gasteiger partial charge in [0.05, 0.1) is 23.8 Å². The molecule has 2 amide bonds. The molecule has 218 valence electrons. The van der Waals surface area contributed by atoms with E-state index in [-0.39, 0.29) is 17.7 Å². The number of carbonyl (C=O) groups excluding carboxylic acids is 2. The van der Waals surface area contributed by atoms with Crippen LogP contribution in [-0.4, -0.2) is 62.1 Å². The number of hydrogen-bond acceptors (Lipinski definition) is 5. The van der Waals surface area contributed by atoms with Gasteiger partial charge in [0, 0.05) is 23.6 Å². The number of aliphatic hydroxyl groups excluding tert-OH is 1. The molecule has 8 nitrogen and oxygen atoms in total. The Morgan fingerprint density at radius 1 is 1.14 bits per heavy atom. The Morgan fingerprint density at radius 2 is 1.98 bits per heavy atom. The number of benzene rings is 2. The summed E-state index contributed by atoms with van der Waals surface area (Å²) in [6.45, 7) is 2.19. The van der Waals surface area contributed by atoms with Gasteiger partial charge in [-0.3, -0.25) is 9.59 Å². The molecule has 3 fully saturated rings. The lowest BCUT2D eigenvalue weighted by atomic mass is 9.71. The predicted octanol–water partition coefficient (Wildman–Crippen LogP) is 3.53. The first-order valence-electron chi connectivity index (χ1n) is 15.3. The number of aromatic amines is 1. The van der Waals surface area contributed by atoms with E-state index >= 15 is 0 Å². The highest BCUT2D eigenvalue weighted by molar-refractivity contribution is 5.98. The number of piperidine rings is 1. The molecule has 0 saturated carbocycles. The molecule has 0 spiro atoms. The van der Waals surface area contributed by atoms with Gasteiger partial charge < -0.3 is 30.2 Å². The number of aromatic nitrogens is 1. The van der Waals surface area contributed by atoms with Crippen molar-refractivity contribution in [2.75, 3.05) is 6.54 Å². The highest BCUT2D eigenvalue weighted by atomic mass is 16.7. The van der Waals surface area contributed by atoms with Crippen molar-refractivity contribution in [3.05, 3.63) is 77.5 Å². The van der Waals surface area contributed by atoms with Crippen molar-refractivity contribution in [3.63, 3.8) is 0 Å². The van der Waals surface area contributed by atoms with Crippen LogP contribution >= 0.6 is 0 Å². The van der Waals surface area contributed by atoms with Crippen LogP contribution < -0.4 is 5.32 Å². The molecule has 3 unspecified atom stereocenters. The summed E-state index contributed by atoms with van der Waals surface area (Å²) < 4.78 is 6.39. The third kappa shape index (κ3) is 3.71. The van der Waals surface area contributed by atoms with Crippen molar-refractivity contribution >= 4 is 28.3 Å². The molecule has 8 atom stereocenters. The Hall–Kier alpha value is -3.46. The van der Waals surface area contributed by atoms with Crippen LogP contribution in [0, 0.1) is 23.7 Å². The highest BCUT2D eigenvalue weighted by Crippen LogP contribution is 2.53. The Balaban J connectivity index is 1.10. The molecule has 3 aromatic rings. The van der Waals surface area contributed by atoms with Crippen LogP contribution in [0.3, 0.4) is 0 Å². The zero-order valence-corrected chi connectivity index (χ0v) is 23.8. The zero-order valence-electron chi connectivity index (χ0n) is 23.8. The van der Waals surface area contributed by atoms with Gasteiger partial charge in [0.2, 0.25) is 11.8 Å². The zero-order chi connectivity index (χ0) is 28.8.